The number of aromatic nitrogens is 1. The molecule has 1 heterocycles. The van der Waals surface area contributed by atoms with Gasteiger partial charge in [0.25, 0.3) is 5.91 Å². The second-order valence-corrected chi connectivity index (χ2v) is 4.91. The molecule has 2 N–H and O–H groups in total. The molecule has 21 heavy (non-hydrogen) atoms. The summed E-state index contributed by atoms with van der Waals surface area (Å²) in [5.74, 6) is -0.351. The summed E-state index contributed by atoms with van der Waals surface area (Å²) in [5.41, 5.74) is 2.57. The maximum atomic E-state index is 12.8. The summed E-state index contributed by atoms with van der Waals surface area (Å²) in [6.07, 6.45) is 2.53. The summed E-state index contributed by atoms with van der Waals surface area (Å²) in [7, 11) is 0. The largest absolute Gasteiger partial charge is 0.361 e. The minimum atomic E-state index is -0.248. The van der Waals surface area contributed by atoms with E-state index in [4.69, 9.17) is 0 Å². The Bertz CT molecular complexity index is 762. The number of amides is 1. The molecule has 3 nitrogen and oxygen atoms in total. The maximum Gasteiger partial charge on any atom is 0.251 e. The standard InChI is InChI=1S/C17H15FN2O/c18-15-5-1-12(2-6-15)7-9-20-17(21)14-4-3-13-8-10-19-16(13)11-14/h1-6,8,10-11,19H,7,9H2,(H,20,21). The lowest BCUT2D eigenvalue weighted by Crippen LogP contribution is -2.25. The summed E-state index contributed by atoms with van der Waals surface area (Å²) in [5, 5.41) is 3.95. The van der Waals surface area contributed by atoms with Crippen LogP contribution in [-0.2, 0) is 6.42 Å². The Labute approximate surface area is 121 Å². The third-order valence-corrected chi connectivity index (χ3v) is 3.43. The van der Waals surface area contributed by atoms with E-state index in [0.29, 0.717) is 18.5 Å². The molecule has 0 saturated heterocycles. The lowest BCUT2D eigenvalue weighted by Gasteiger charge is -2.06. The van der Waals surface area contributed by atoms with Gasteiger partial charge in [-0.1, -0.05) is 18.2 Å². The first-order chi connectivity index (χ1) is 10.2. The van der Waals surface area contributed by atoms with Crippen molar-refractivity contribution in [2.24, 2.45) is 0 Å². The molecule has 0 atom stereocenters. The topological polar surface area (TPSA) is 44.9 Å². The predicted molar refractivity (Wildman–Crippen MR) is 80.7 cm³/mol. The molecule has 2 aromatic carbocycles. The van der Waals surface area contributed by atoms with Gasteiger partial charge in [0.1, 0.15) is 5.82 Å². The molecule has 3 aromatic rings. The molecule has 0 saturated carbocycles. The normalized spacial score (nSPS) is 10.7. The Hall–Kier alpha value is -2.62. The van der Waals surface area contributed by atoms with E-state index in [-0.39, 0.29) is 11.7 Å². The number of fused-ring (bicyclic) bond motifs is 1. The number of carbonyl (C=O) groups excluding carboxylic acids is 1. The zero-order valence-corrected chi connectivity index (χ0v) is 11.4. The van der Waals surface area contributed by atoms with Crippen LogP contribution in [0.4, 0.5) is 4.39 Å². The first-order valence-electron chi connectivity index (χ1n) is 6.82. The number of hydrogen-bond acceptors (Lipinski definition) is 1. The van der Waals surface area contributed by atoms with Crippen LogP contribution in [0.25, 0.3) is 10.9 Å². The fourth-order valence-electron chi connectivity index (χ4n) is 2.26. The van der Waals surface area contributed by atoms with Gasteiger partial charge >= 0.3 is 0 Å². The van der Waals surface area contributed by atoms with E-state index in [1.54, 1.807) is 12.1 Å². The van der Waals surface area contributed by atoms with Gasteiger partial charge in [0.2, 0.25) is 0 Å². The van der Waals surface area contributed by atoms with E-state index >= 15 is 0 Å². The summed E-state index contributed by atoms with van der Waals surface area (Å²) in [4.78, 5) is 15.2. The minimum absolute atomic E-state index is 0.103. The molecule has 106 valence electrons. The van der Waals surface area contributed by atoms with Crippen molar-refractivity contribution < 1.29 is 9.18 Å². The van der Waals surface area contributed by atoms with E-state index in [0.717, 1.165) is 16.5 Å². The van der Waals surface area contributed by atoms with Crippen molar-refractivity contribution in [2.45, 2.75) is 6.42 Å². The second-order valence-electron chi connectivity index (χ2n) is 4.91. The third-order valence-electron chi connectivity index (χ3n) is 3.43. The number of hydrogen-bond donors (Lipinski definition) is 2. The first kappa shape index (κ1) is 13.4. The summed E-state index contributed by atoms with van der Waals surface area (Å²) < 4.78 is 12.8. The molecule has 0 aliphatic rings. The molecule has 0 bridgehead atoms. The molecule has 0 radical (unpaired) electrons. The van der Waals surface area contributed by atoms with Crippen LogP contribution < -0.4 is 5.32 Å². The molecule has 1 amide bonds. The van der Waals surface area contributed by atoms with Crippen LogP contribution >= 0.6 is 0 Å². The first-order valence-corrected chi connectivity index (χ1v) is 6.82. The fraction of sp³-hybridized carbons (Fsp3) is 0.118. The monoisotopic (exact) mass is 282 g/mol. The van der Waals surface area contributed by atoms with E-state index in [2.05, 4.69) is 10.3 Å². The number of rotatable bonds is 4. The highest BCUT2D eigenvalue weighted by Crippen LogP contribution is 2.14. The predicted octanol–water partition coefficient (Wildman–Crippen LogP) is 3.28. The van der Waals surface area contributed by atoms with Gasteiger partial charge in [-0.25, -0.2) is 4.39 Å². The van der Waals surface area contributed by atoms with Crippen LogP contribution in [0.2, 0.25) is 0 Å². The van der Waals surface area contributed by atoms with Crippen molar-refractivity contribution in [1.82, 2.24) is 10.3 Å². The zero-order valence-electron chi connectivity index (χ0n) is 11.4. The van der Waals surface area contributed by atoms with Crippen molar-refractivity contribution >= 4 is 16.8 Å². The Morgan fingerprint density at radius 3 is 2.71 bits per heavy atom. The number of halogens is 1. The van der Waals surface area contributed by atoms with Crippen LogP contribution in [0.1, 0.15) is 15.9 Å². The molecule has 0 spiro atoms. The Morgan fingerprint density at radius 1 is 1.10 bits per heavy atom. The minimum Gasteiger partial charge on any atom is -0.361 e. The Morgan fingerprint density at radius 2 is 1.90 bits per heavy atom. The second kappa shape index (κ2) is 5.79. The quantitative estimate of drug-likeness (QED) is 0.758. The van der Waals surface area contributed by atoms with Gasteiger partial charge in [-0.15, -0.1) is 0 Å². The Balaban J connectivity index is 1.59. The summed E-state index contributed by atoms with van der Waals surface area (Å²) in [6.45, 7) is 0.521. The van der Waals surface area contributed by atoms with Crippen molar-refractivity contribution in [1.29, 1.82) is 0 Å². The smallest absolute Gasteiger partial charge is 0.251 e. The van der Waals surface area contributed by atoms with E-state index in [1.807, 2.05) is 30.5 Å². The van der Waals surface area contributed by atoms with Crippen molar-refractivity contribution in [3.05, 3.63) is 71.7 Å². The van der Waals surface area contributed by atoms with Gasteiger partial charge in [0.05, 0.1) is 0 Å². The molecular weight excluding hydrogens is 267 g/mol. The van der Waals surface area contributed by atoms with Gasteiger partial charge in [-0.05, 0) is 47.7 Å². The average Bonchev–Trinajstić information content (AvgIpc) is 2.96. The molecule has 4 heteroatoms. The molecule has 0 aliphatic carbocycles. The zero-order chi connectivity index (χ0) is 14.7. The van der Waals surface area contributed by atoms with Crippen molar-refractivity contribution in [2.75, 3.05) is 6.54 Å². The number of nitrogens with one attached hydrogen (secondary N) is 2. The van der Waals surface area contributed by atoms with E-state index in [1.165, 1.54) is 12.1 Å². The lowest BCUT2D eigenvalue weighted by atomic mass is 10.1. The Kier molecular flexibility index (Phi) is 3.69. The van der Waals surface area contributed by atoms with Gasteiger partial charge in [0, 0.05) is 23.8 Å². The number of aromatic amines is 1. The molecule has 0 aliphatic heterocycles. The average molecular weight is 282 g/mol. The highest BCUT2D eigenvalue weighted by Gasteiger charge is 2.06. The summed E-state index contributed by atoms with van der Waals surface area (Å²) in [6, 6.07) is 13.8. The van der Waals surface area contributed by atoms with Gasteiger partial charge in [-0.2, -0.15) is 0 Å². The molecule has 0 unspecified atom stereocenters. The molecule has 3 rings (SSSR count). The summed E-state index contributed by atoms with van der Waals surface area (Å²) >= 11 is 0. The van der Waals surface area contributed by atoms with Crippen LogP contribution in [0.5, 0.6) is 0 Å². The highest BCUT2D eigenvalue weighted by atomic mass is 19.1. The number of carbonyl (C=O) groups is 1. The highest BCUT2D eigenvalue weighted by molar-refractivity contribution is 5.97. The number of benzene rings is 2. The number of H-pyrrole nitrogens is 1. The van der Waals surface area contributed by atoms with Gasteiger partial charge in [-0.3, -0.25) is 4.79 Å². The molecule has 0 fully saturated rings. The fourth-order valence-corrected chi connectivity index (χ4v) is 2.26. The third kappa shape index (κ3) is 3.11. The van der Waals surface area contributed by atoms with Crippen molar-refractivity contribution in [3.63, 3.8) is 0 Å². The van der Waals surface area contributed by atoms with E-state index in [9.17, 15) is 9.18 Å². The molecular formula is C17H15FN2O. The van der Waals surface area contributed by atoms with E-state index < -0.39 is 0 Å². The van der Waals surface area contributed by atoms with Crippen LogP contribution in [0.3, 0.4) is 0 Å². The van der Waals surface area contributed by atoms with Gasteiger partial charge < -0.3 is 10.3 Å². The SMILES string of the molecule is O=C(NCCc1ccc(F)cc1)c1ccc2cc[nH]c2c1. The molecule has 1 aromatic heterocycles. The van der Waals surface area contributed by atoms with Gasteiger partial charge in [0.15, 0.2) is 0 Å². The van der Waals surface area contributed by atoms with Crippen LogP contribution in [0.15, 0.2) is 54.7 Å². The van der Waals surface area contributed by atoms with Crippen LogP contribution in [0, 0.1) is 5.82 Å². The maximum absolute atomic E-state index is 12.8. The van der Waals surface area contributed by atoms with Crippen LogP contribution in [-0.4, -0.2) is 17.4 Å². The van der Waals surface area contributed by atoms with Crippen molar-refractivity contribution in [3.8, 4) is 0 Å². The lowest BCUT2D eigenvalue weighted by molar-refractivity contribution is 0.0954.